The largest absolute Gasteiger partial charge is 0.573 e. The molecule has 0 saturated carbocycles. The number of nitrogens with zero attached hydrogens (tertiary/aromatic N) is 2. The summed E-state index contributed by atoms with van der Waals surface area (Å²) >= 11 is 0.906. The first-order valence-electron chi connectivity index (χ1n) is 10.8. The molecule has 0 unspecified atom stereocenters. The summed E-state index contributed by atoms with van der Waals surface area (Å²) in [5.41, 5.74) is 1.08. The lowest BCUT2D eigenvalue weighted by molar-refractivity contribution is -0.274. The number of nitrogens with one attached hydrogen (secondary N) is 1. The molecule has 1 saturated heterocycles. The van der Waals surface area contributed by atoms with Crippen LogP contribution in [0.2, 0.25) is 0 Å². The van der Waals surface area contributed by atoms with Crippen LogP contribution in [-0.4, -0.2) is 52.3 Å². The number of carbonyl (C=O) groups excluding carboxylic acids is 2. The molecule has 2 N–H and O–H groups in total. The fourth-order valence-corrected chi connectivity index (χ4v) is 4.96. The molecule has 2 heterocycles. The van der Waals surface area contributed by atoms with Crippen molar-refractivity contribution >= 4 is 23.2 Å². The van der Waals surface area contributed by atoms with Gasteiger partial charge in [-0.3, -0.25) is 9.59 Å². The van der Waals surface area contributed by atoms with Crippen LogP contribution < -0.4 is 10.1 Å². The van der Waals surface area contributed by atoms with Gasteiger partial charge in [-0.25, -0.2) is 4.98 Å². The molecule has 0 aliphatic carbocycles. The smallest absolute Gasteiger partial charge is 0.486 e. The number of hydrogen-bond donors (Lipinski definition) is 2. The van der Waals surface area contributed by atoms with Crippen molar-refractivity contribution in [2.75, 3.05) is 13.1 Å². The number of aromatic hydroxyl groups is 1. The molecular weight excluding hydrogens is 483 g/mol. The molecule has 7 nitrogen and oxygen atoms in total. The third-order valence-corrected chi connectivity index (χ3v) is 6.73. The molecule has 4 rings (SSSR count). The Hall–Kier alpha value is -3.60. The standard InChI is InChI=1S/C24H22F3N3O4S/c1-14-20(35-23(33)28-14)22(32)30-12-11-18(17(13-30)15-7-3-2-4-8-15)29-21(31)16-9-5-6-10-19(16)34-24(25,26)27/h2-10,17-18H,11-13H2,1H3,(H,28,33)(H,29,31)/t17-,18-/m1/s1. The third-order valence-electron chi connectivity index (χ3n) is 5.78. The van der Waals surface area contributed by atoms with Gasteiger partial charge < -0.3 is 20.1 Å². The summed E-state index contributed by atoms with van der Waals surface area (Å²) in [6, 6.07) is 14.0. The van der Waals surface area contributed by atoms with E-state index < -0.39 is 24.1 Å². The maximum atomic E-state index is 13.1. The minimum atomic E-state index is -4.93. The van der Waals surface area contributed by atoms with Crippen molar-refractivity contribution in [3.05, 3.63) is 76.3 Å². The molecule has 2 aromatic carbocycles. The first-order valence-corrected chi connectivity index (χ1v) is 11.6. The number of para-hydroxylation sites is 1. The fraction of sp³-hybridized carbons (Fsp3) is 0.292. The lowest BCUT2D eigenvalue weighted by atomic mass is 9.85. The normalized spacial score (nSPS) is 18.2. The zero-order valence-electron chi connectivity index (χ0n) is 18.6. The topological polar surface area (TPSA) is 91.8 Å². The van der Waals surface area contributed by atoms with Crippen LogP contribution >= 0.6 is 11.3 Å². The number of ether oxygens (including phenoxy) is 1. The molecule has 0 radical (unpaired) electrons. The van der Waals surface area contributed by atoms with E-state index in [4.69, 9.17) is 0 Å². The number of amides is 2. The highest BCUT2D eigenvalue weighted by Crippen LogP contribution is 2.32. The quantitative estimate of drug-likeness (QED) is 0.534. The average molecular weight is 506 g/mol. The van der Waals surface area contributed by atoms with Crippen LogP contribution in [0.1, 0.15) is 43.6 Å². The average Bonchev–Trinajstić information content (AvgIpc) is 3.16. The lowest BCUT2D eigenvalue weighted by Gasteiger charge is -2.39. The summed E-state index contributed by atoms with van der Waals surface area (Å²) in [5, 5.41) is 12.3. The zero-order valence-corrected chi connectivity index (χ0v) is 19.4. The Kier molecular flexibility index (Phi) is 6.97. The Bertz CT molecular complexity index is 1220. The van der Waals surface area contributed by atoms with Gasteiger partial charge in [0, 0.05) is 25.0 Å². The van der Waals surface area contributed by atoms with E-state index >= 15 is 0 Å². The summed E-state index contributed by atoms with van der Waals surface area (Å²) in [6.45, 7) is 2.23. The molecule has 11 heteroatoms. The van der Waals surface area contributed by atoms with E-state index in [0.717, 1.165) is 23.0 Å². The molecule has 35 heavy (non-hydrogen) atoms. The summed E-state index contributed by atoms with van der Waals surface area (Å²) in [4.78, 5) is 32.0. The van der Waals surface area contributed by atoms with Gasteiger partial charge in [0.05, 0.1) is 11.3 Å². The van der Waals surface area contributed by atoms with Crippen molar-refractivity contribution < 1.29 is 32.6 Å². The summed E-state index contributed by atoms with van der Waals surface area (Å²) in [6.07, 6.45) is -4.55. The second kappa shape index (κ2) is 9.95. The van der Waals surface area contributed by atoms with Crippen molar-refractivity contribution in [3.63, 3.8) is 0 Å². The van der Waals surface area contributed by atoms with E-state index in [0.29, 0.717) is 23.5 Å². The summed E-state index contributed by atoms with van der Waals surface area (Å²) < 4.78 is 42.4. The Balaban J connectivity index is 1.57. The summed E-state index contributed by atoms with van der Waals surface area (Å²) in [5.74, 6) is -1.86. The van der Waals surface area contributed by atoms with E-state index in [1.54, 1.807) is 11.8 Å². The van der Waals surface area contributed by atoms with Crippen LogP contribution in [0, 0.1) is 6.92 Å². The van der Waals surface area contributed by atoms with Crippen molar-refractivity contribution in [2.45, 2.75) is 31.7 Å². The van der Waals surface area contributed by atoms with Gasteiger partial charge in [0.1, 0.15) is 10.6 Å². The number of aryl methyl sites for hydroxylation is 1. The second-order valence-corrected chi connectivity index (χ2v) is 9.07. The Morgan fingerprint density at radius 1 is 1.14 bits per heavy atom. The fourth-order valence-electron chi connectivity index (χ4n) is 4.19. The minimum absolute atomic E-state index is 0.188. The van der Waals surface area contributed by atoms with Gasteiger partial charge in [0.25, 0.3) is 17.0 Å². The predicted octanol–water partition coefficient (Wildman–Crippen LogP) is 4.48. The molecule has 1 aromatic heterocycles. The van der Waals surface area contributed by atoms with Gasteiger partial charge in [0.15, 0.2) is 0 Å². The number of hydrogen-bond acceptors (Lipinski definition) is 6. The van der Waals surface area contributed by atoms with Crippen LogP contribution in [0.25, 0.3) is 0 Å². The van der Waals surface area contributed by atoms with Gasteiger partial charge in [-0.2, -0.15) is 0 Å². The van der Waals surface area contributed by atoms with Crippen LogP contribution in [0.15, 0.2) is 54.6 Å². The lowest BCUT2D eigenvalue weighted by Crippen LogP contribution is -2.51. The van der Waals surface area contributed by atoms with E-state index in [1.807, 2.05) is 30.3 Å². The van der Waals surface area contributed by atoms with Gasteiger partial charge in [-0.05, 0) is 31.0 Å². The molecule has 1 fully saturated rings. The van der Waals surface area contributed by atoms with Gasteiger partial charge in [-0.15, -0.1) is 13.2 Å². The Morgan fingerprint density at radius 2 is 1.83 bits per heavy atom. The first-order chi connectivity index (χ1) is 16.6. The van der Waals surface area contributed by atoms with Crippen molar-refractivity contribution in [1.29, 1.82) is 0 Å². The van der Waals surface area contributed by atoms with Crippen LogP contribution in [-0.2, 0) is 0 Å². The van der Waals surface area contributed by atoms with E-state index in [9.17, 15) is 27.9 Å². The number of halogens is 3. The van der Waals surface area contributed by atoms with Gasteiger partial charge >= 0.3 is 6.36 Å². The maximum Gasteiger partial charge on any atom is 0.573 e. The Morgan fingerprint density at radius 3 is 2.49 bits per heavy atom. The maximum absolute atomic E-state index is 13.1. The van der Waals surface area contributed by atoms with Crippen molar-refractivity contribution in [2.24, 2.45) is 0 Å². The molecule has 2 atom stereocenters. The number of rotatable bonds is 5. The SMILES string of the molecule is Cc1nc(O)sc1C(=O)N1CC[C@@H](NC(=O)c2ccccc2OC(F)(F)F)[C@@H](c2ccccc2)C1. The van der Waals surface area contributed by atoms with Gasteiger partial charge in [-0.1, -0.05) is 53.8 Å². The zero-order chi connectivity index (χ0) is 25.2. The van der Waals surface area contributed by atoms with E-state index in [-0.39, 0.29) is 29.1 Å². The highest BCUT2D eigenvalue weighted by Gasteiger charge is 2.36. The molecule has 2 amide bonds. The number of likely N-dealkylation sites (tertiary alicyclic amines) is 1. The molecule has 3 aromatic rings. The van der Waals surface area contributed by atoms with Crippen molar-refractivity contribution in [3.8, 4) is 10.9 Å². The van der Waals surface area contributed by atoms with Crippen LogP contribution in [0.5, 0.6) is 10.9 Å². The van der Waals surface area contributed by atoms with Crippen LogP contribution in [0.3, 0.4) is 0 Å². The highest BCUT2D eigenvalue weighted by atomic mass is 32.1. The molecule has 1 aliphatic heterocycles. The van der Waals surface area contributed by atoms with Crippen LogP contribution in [0.4, 0.5) is 13.2 Å². The summed E-state index contributed by atoms with van der Waals surface area (Å²) in [7, 11) is 0. The third kappa shape index (κ3) is 5.73. The van der Waals surface area contributed by atoms with E-state index in [1.165, 1.54) is 18.2 Å². The predicted molar refractivity (Wildman–Crippen MR) is 123 cm³/mol. The second-order valence-electron chi connectivity index (χ2n) is 8.09. The van der Waals surface area contributed by atoms with E-state index in [2.05, 4.69) is 15.0 Å². The molecule has 1 aliphatic rings. The number of carbonyl (C=O) groups is 2. The minimum Gasteiger partial charge on any atom is -0.486 e. The monoisotopic (exact) mass is 505 g/mol. The molecule has 184 valence electrons. The number of aromatic nitrogens is 1. The molecular formula is C24H22F3N3O4S. The Labute approximate surface area is 203 Å². The first kappa shape index (κ1) is 24.5. The number of thiazole rings is 1. The highest BCUT2D eigenvalue weighted by molar-refractivity contribution is 7.15. The van der Waals surface area contributed by atoms with Crippen molar-refractivity contribution in [1.82, 2.24) is 15.2 Å². The molecule has 0 bridgehead atoms. The number of piperidine rings is 1. The van der Waals surface area contributed by atoms with Gasteiger partial charge in [0.2, 0.25) is 0 Å². The number of benzene rings is 2. The number of alkyl halides is 3. The molecule has 0 spiro atoms.